The number of alkyl halides is 1. The summed E-state index contributed by atoms with van der Waals surface area (Å²) in [6.07, 6.45) is 0.980. The van der Waals surface area contributed by atoms with E-state index in [-0.39, 0.29) is 6.61 Å². The van der Waals surface area contributed by atoms with E-state index in [0.29, 0.717) is 19.4 Å². The van der Waals surface area contributed by atoms with Crippen molar-refractivity contribution in [2.45, 2.75) is 25.1 Å². The average molecular weight is 223 g/mol. The van der Waals surface area contributed by atoms with Gasteiger partial charge in [0.2, 0.25) is 0 Å². The summed E-state index contributed by atoms with van der Waals surface area (Å²) in [7, 11) is 1.91. The lowest BCUT2D eigenvalue weighted by Crippen LogP contribution is -2.26. The zero-order valence-corrected chi connectivity index (χ0v) is 9.63. The van der Waals surface area contributed by atoms with Crippen molar-refractivity contribution in [3.8, 4) is 0 Å². The maximum absolute atomic E-state index is 14.2. The standard InChI is InChI=1S/C13H18FNO/c1-15-9-12-4-2-3-11(7-12)8-13(14)5-6-16-10-13/h2-4,7,15H,5-6,8-10H2,1H3. The van der Waals surface area contributed by atoms with Crippen LogP contribution in [0.25, 0.3) is 0 Å². The molecule has 0 aliphatic carbocycles. The van der Waals surface area contributed by atoms with Crippen LogP contribution >= 0.6 is 0 Å². The quantitative estimate of drug-likeness (QED) is 0.843. The van der Waals surface area contributed by atoms with Gasteiger partial charge in [0.15, 0.2) is 0 Å². The van der Waals surface area contributed by atoms with Crippen LogP contribution in [0.4, 0.5) is 4.39 Å². The van der Waals surface area contributed by atoms with Crippen molar-refractivity contribution >= 4 is 0 Å². The molecule has 88 valence electrons. The van der Waals surface area contributed by atoms with Crippen molar-refractivity contribution < 1.29 is 9.13 Å². The first-order chi connectivity index (χ1) is 7.72. The Hall–Kier alpha value is -0.930. The van der Waals surface area contributed by atoms with Gasteiger partial charge >= 0.3 is 0 Å². The molecular formula is C13H18FNO. The number of ether oxygens (including phenoxy) is 1. The van der Waals surface area contributed by atoms with E-state index in [1.54, 1.807) is 0 Å². The Morgan fingerprint density at radius 3 is 2.94 bits per heavy atom. The van der Waals surface area contributed by atoms with E-state index in [1.165, 1.54) is 5.56 Å². The van der Waals surface area contributed by atoms with E-state index in [0.717, 1.165) is 12.1 Å². The molecule has 0 radical (unpaired) electrons. The van der Waals surface area contributed by atoms with Gasteiger partial charge in [0, 0.05) is 26.0 Å². The largest absolute Gasteiger partial charge is 0.378 e. The fourth-order valence-corrected chi connectivity index (χ4v) is 2.14. The molecule has 1 fully saturated rings. The highest BCUT2D eigenvalue weighted by atomic mass is 19.1. The molecule has 1 atom stereocenters. The van der Waals surface area contributed by atoms with Gasteiger partial charge in [-0.2, -0.15) is 0 Å². The second kappa shape index (κ2) is 4.93. The van der Waals surface area contributed by atoms with Gasteiger partial charge in [-0.15, -0.1) is 0 Å². The van der Waals surface area contributed by atoms with Crippen LogP contribution in [-0.2, 0) is 17.7 Å². The number of nitrogens with one attached hydrogen (secondary N) is 1. The summed E-state index contributed by atoms with van der Waals surface area (Å²) >= 11 is 0. The van der Waals surface area contributed by atoms with Crippen LogP contribution in [0.1, 0.15) is 17.5 Å². The molecule has 0 amide bonds. The van der Waals surface area contributed by atoms with E-state index in [1.807, 2.05) is 19.2 Å². The van der Waals surface area contributed by atoms with Crippen molar-refractivity contribution in [2.75, 3.05) is 20.3 Å². The van der Waals surface area contributed by atoms with Crippen LogP contribution in [0.2, 0.25) is 0 Å². The Kier molecular flexibility index (Phi) is 3.56. The molecule has 0 bridgehead atoms. The number of hydrogen-bond acceptors (Lipinski definition) is 2. The minimum Gasteiger partial charge on any atom is -0.378 e. The summed E-state index contributed by atoms with van der Waals surface area (Å²) in [6.45, 7) is 1.61. The Morgan fingerprint density at radius 1 is 1.44 bits per heavy atom. The van der Waals surface area contributed by atoms with Crippen molar-refractivity contribution in [3.63, 3.8) is 0 Å². The van der Waals surface area contributed by atoms with Crippen molar-refractivity contribution in [2.24, 2.45) is 0 Å². The molecule has 1 heterocycles. The maximum atomic E-state index is 14.2. The van der Waals surface area contributed by atoms with E-state index >= 15 is 0 Å². The molecule has 2 nitrogen and oxygen atoms in total. The summed E-state index contributed by atoms with van der Waals surface area (Å²) in [5, 5.41) is 3.10. The molecule has 2 rings (SSSR count). The summed E-state index contributed by atoms with van der Waals surface area (Å²) in [5.41, 5.74) is 1.10. The van der Waals surface area contributed by atoms with E-state index in [4.69, 9.17) is 4.74 Å². The molecule has 1 saturated heterocycles. The Labute approximate surface area is 95.8 Å². The van der Waals surface area contributed by atoms with Crippen LogP contribution < -0.4 is 5.32 Å². The number of benzene rings is 1. The molecule has 1 aromatic carbocycles. The highest BCUT2D eigenvalue weighted by Crippen LogP contribution is 2.27. The second-order valence-corrected chi connectivity index (χ2v) is 4.48. The summed E-state index contributed by atoms with van der Waals surface area (Å²) in [4.78, 5) is 0. The molecule has 16 heavy (non-hydrogen) atoms. The summed E-state index contributed by atoms with van der Waals surface area (Å²) < 4.78 is 19.3. The van der Waals surface area contributed by atoms with Gasteiger partial charge in [-0.05, 0) is 18.2 Å². The average Bonchev–Trinajstić information content (AvgIpc) is 2.66. The molecule has 3 heteroatoms. The number of halogens is 1. The van der Waals surface area contributed by atoms with Gasteiger partial charge in [0.25, 0.3) is 0 Å². The molecule has 0 aromatic heterocycles. The monoisotopic (exact) mass is 223 g/mol. The third kappa shape index (κ3) is 2.80. The Balaban J connectivity index is 2.05. The van der Waals surface area contributed by atoms with Crippen LogP contribution in [0.5, 0.6) is 0 Å². The number of hydrogen-bond donors (Lipinski definition) is 1. The first kappa shape index (κ1) is 11.6. The van der Waals surface area contributed by atoms with E-state index in [9.17, 15) is 4.39 Å². The zero-order valence-electron chi connectivity index (χ0n) is 9.63. The summed E-state index contributed by atoms with van der Waals surface area (Å²) in [5.74, 6) is 0. The van der Waals surface area contributed by atoms with E-state index < -0.39 is 5.67 Å². The minimum absolute atomic E-state index is 0.239. The SMILES string of the molecule is CNCc1cccc(CC2(F)CCOC2)c1. The highest BCUT2D eigenvalue weighted by molar-refractivity contribution is 5.25. The Bertz CT molecular complexity index is 348. The van der Waals surface area contributed by atoms with Crippen molar-refractivity contribution in [3.05, 3.63) is 35.4 Å². The molecule has 1 N–H and O–H groups in total. The Morgan fingerprint density at radius 2 is 2.25 bits per heavy atom. The minimum atomic E-state index is -1.15. The third-order valence-electron chi connectivity index (χ3n) is 2.95. The molecule has 0 saturated carbocycles. The second-order valence-electron chi connectivity index (χ2n) is 4.48. The first-order valence-electron chi connectivity index (χ1n) is 5.71. The fourth-order valence-electron chi connectivity index (χ4n) is 2.14. The van der Waals surface area contributed by atoms with Crippen molar-refractivity contribution in [1.29, 1.82) is 0 Å². The van der Waals surface area contributed by atoms with Gasteiger partial charge in [0.1, 0.15) is 5.67 Å². The predicted molar refractivity (Wildman–Crippen MR) is 62.2 cm³/mol. The maximum Gasteiger partial charge on any atom is 0.140 e. The van der Waals surface area contributed by atoms with Gasteiger partial charge in [0.05, 0.1) is 6.61 Å². The molecule has 0 spiro atoms. The number of rotatable bonds is 4. The fraction of sp³-hybridized carbons (Fsp3) is 0.538. The van der Waals surface area contributed by atoms with E-state index in [2.05, 4.69) is 17.4 Å². The smallest absolute Gasteiger partial charge is 0.140 e. The molecule has 1 aliphatic rings. The zero-order chi connectivity index (χ0) is 11.4. The summed E-state index contributed by atoms with van der Waals surface area (Å²) in [6, 6.07) is 8.09. The van der Waals surface area contributed by atoms with Crippen LogP contribution in [0.15, 0.2) is 24.3 Å². The van der Waals surface area contributed by atoms with Crippen molar-refractivity contribution in [1.82, 2.24) is 5.32 Å². The molecule has 1 aromatic rings. The van der Waals surface area contributed by atoms with Crippen LogP contribution in [-0.4, -0.2) is 25.9 Å². The lowest BCUT2D eigenvalue weighted by molar-refractivity contribution is 0.112. The third-order valence-corrected chi connectivity index (χ3v) is 2.95. The van der Waals surface area contributed by atoms with Gasteiger partial charge in [-0.1, -0.05) is 24.3 Å². The molecule has 1 unspecified atom stereocenters. The first-order valence-corrected chi connectivity index (χ1v) is 5.71. The molecular weight excluding hydrogens is 205 g/mol. The molecule has 1 aliphatic heterocycles. The van der Waals surface area contributed by atoms with Crippen LogP contribution in [0, 0.1) is 0 Å². The highest BCUT2D eigenvalue weighted by Gasteiger charge is 2.34. The van der Waals surface area contributed by atoms with Gasteiger partial charge < -0.3 is 10.1 Å². The van der Waals surface area contributed by atoms with Gasteiger partial charge in [-0.25, -0.2) is 4.39 Å². The topological polar surface area (TPSA) is 21.3 Å². The normalized spacial score (nSPS) is 24.9. The van der Waals surface area contributed by atoms with Gasteiger partial charge in [-0.3, -0.25) is 0 Å². The van der Waals surface area contributed by atoms with Crippen LogP contribution in [0.3, 0.4) is 0 Å². The predicted octanol–water partition coefficient (Wildman–Crippen LogP) is 2.08. The lowest BCUT2D eigenvalue weighted by atomic mass is 9.95. The lowest BCUT2D eigenvalue weighted by Gasteiger charge is -2.17.